The molecule has 1 heterocycles. The third-order valence-corrected chi connectivity index (χ3v) is 4.98. The van der Waals surface area contributed by atoms with E-state index in [2.05, 4.69) is 9.71 Å². The first-order chi connectivity index (χ1) is 9.44. The molecule has 0 amide bonds. The molecule has 102 valence electrons. The zero-order valence-corrected chi connectivity index (χ0v) is 11.4. The SMILES string of the molecule is N#Cc1cccc(NS(=O)(=O)c2scnc2C(=O)O)c1. The molecule has 0 saturated carbocycles. The van der Waals surface area contributed by atoms with Crippen molar-refractivity contribution in [3.63, 3.8) is 0 Å². The van der Waals surface area contributed by atoms with Gasteiger partial charge in [-0.25, -0.2) is 18.2 Å². The van der Waals surface area contributed by atoms with E-state index in [9.17, 15) is 13.2 Å². The molecule has 0 fully saturated rings. The highest BCUT2D eigenvalue weighted by Gasteiger charge is 2.25. The van der Waals surface area contributed by atoms with Gasteiger partial charge in [0.15, 0.2) is 9.90 Å². The number of anilines is 1. The number of nitriles is 1. The number of carbonyl (C=O) groups is 1. The van der Waals surface area contributed by atoms with Crippen LogP contribution in [-0.2, 0) is 10.0 Å². The van der Waals surface area contributed by atoms with Crippen LogP contribution >= 0.6 is 11.3 Å². The number of nitrogens with zero attached hydrogens (tertiary/aromatic N) is 2. The predicted octanol–water partition coefficient (Wildman–Crippen LogP) is 1.51. The fourth-order valence-electron chi connectivity index (χ4n) is 1.42. The first-order valence-corrected chi connectivity index (χ1v) is 7.50. The first kappa shape index (κ1) is 14.0. The summed E-state index contributed by atoms with van der Waals surface area (Å²) in [5.74, 6) is -1.42. The van der Waals surface area contributed by atoms with Crippen LogP contribution in [0.5, 0.6) is 0 Å². The molecule has 0 saturated heterocycles. The minimum Gasteiger partial charge on any atom is -0.476 e. The molecule has 2 N–H and O–H groups in total. The Bertz CT molecular complexity index is 805. The molecule has 0 atom stereocenters. The Balaban J connectivity index is 2.39. The number of carboxylic acids is 1. The second kappa shape index (κ2) is 5.28. The van der Waals surface area contributed by atoms with Crippen molar-refractivity contribution in [3.8, 4) is 6.07 Å². The molecule has 7 nitrogen and oxygen atoms in total. The highest BCUT2D eigenvalue weighted by Crippen LogP contribution is 2.23. The normalized spacial score (nSPS) is 10.8. The van der Waals surface area contributed by atoms with Gasteiger partial charge in [0.05, 0.1) is 22.8 Å². The van der Waals surface area contributed by atoms with E-state index in [0.29, 0.717) is 11.3 Å². The quantitative estimate of drug-likeness (QED) is 0.883. The van der Waals surface area contributed by atoms with Crippen LogP contribution in [-0.4, -0.2) is 24.5 Å². The van der Waals surface area contributed by atoms with E-state index in [-0.39, 0.29) is 15.5 Å². The summed E-state index contributed by atoms with van der Waals surface area (Å²) in [7, 11) is -4.05. The predicted molar refractivity (Wildman–Crippen MR) is 71.0 cm³/mol. The number of rotatable bonds is 4. The van der Waals surface area contributed by atoms with Gasteiger partial charge in [-0.2, -0.15) is 5.26 Å². The van der Waals surface area contributed by atoms with Crippen molar-refractivity contribution in [1.82, 2.24) is 4.98 Å². The molecule has 0 bridgehead atoms. The van der Waals surface area contributed by atoms with Crippen molar-refractivity contribution >= 4 is 33.0 Å². The van der Waals surface area contributed by atoms with Crippen molar-refractivity contribution in [2.24, 2.45) is 0 Å². The number of hydrogen-bond acceptors (Lipinski definition) is 6. The van der Waals surface area contributed by atoms with E-state index in [1.807, 2.05) is 6.07 Å². The monoisotopic (exact) mass is 309 g/mol. The van der Waals surface area contributed by atoms with Gasteiger partial charge in [0.2, 0.25) is 0 Å². The Hall–Kier alpha value is -2.44. The second-order valence-electron chi connectivity index (χ2n) is 3.59. The minimum atomic E-state index is -4.05. The summed E-state index contributed by atoms with van der Waals surface area (Å²) in [5, 5.41) is 17.6. The first-order valence-electron chi connectivity index (χ1n) is 5.14. The van der Waals surface area contributed by atoms with Crippen molar-refractivity contribution in [1.29, 1.82) is 5.26 Å². The van der Waals surface area contributed by atoms with Crippen LogP contribution in [0.25, 0.3) is 0 Å². The van der Waals surface area contributed by atoms with Gasteiger partial charge >= 0.3 is 5.97 Å². The number of benzene rings is 1. The topological polar surface area (TPSA) is 120 Å². The Kier molecular flexibility index (Phi) is 3.69. The maximum Gasteiger partial charge on any atom is 0.356 e. The summed E-state index contributed by atoms with van der Waals surface area (Å²) in [6.07, 6.45) is 0. The van der Waals surface area contributed by atoms with Gasteiger partial charge in [0.25, 0.3) is 10.0 Å². The number of sulfonamides is 1. The molecule has 0 unspecified atom stereocenters. The lowest BCUT2D eigenvalue weighted by Gasteiger charge is -2.06. The molecule has 0 aliphatic rings. The van der Waals surface area contributed by atoms with E-state index in [1.54, 1.807) is 0 Å². The van der Waals surface area contributed by atoms with Crippen molar-refractivity contribution in [3.05, 3.63) is 41.0 Å². The average molecular weight is 309 g/mol. The molecule has 2 aromatic rings. The van der Waals surface area contributed by atoms with Gasteiger partial charge < -0.3 is 5.11 Å². The summed E-state index contributed by atoms with van der Waals surface area (Å²) in [6, 6.07) is 7.72. The van der Waals surface area contributed by atoms with Crippen LogP contribution in [0, 0.1) is 11.3 Å². The molecule has 0 spiro atoms. The second-order valence-corrected chi connectivity index (χ2v) is 6.32. The molecule has 2 rings (SSSR count). The molecule has 1 aromatic carbocycles. The van der Waals surface area contributed by atoms with Crippen LogP contribution in [0.15, 0.2) is 34.0 Å². The fourth-order valence-corrected chi connectivity index (χ4v) is 3.61. The summed E-state index contributed by atoms with van der Waals surface area (Å²) < 4.78 is 26.0. The molecule has 0 radical (unpaired) electrons. The van der Waals surface area contributed by atoms with Gasteiger partial charge in [0, 0.05) is 0 Å². The number of nitrogens with one attached hydrogen (secondary N) is 1. The summed E-state index contributed by atoms with van der Waals surface area (Å²) in [6.45, 7) is 0. The summed E-state index contributed by atoms with van der Waals surface area (Å²) in [4.78, 5) is 14.4. The zero-order chi connectivity index (χ0) is 14.8. The fraction of sp³-hybridized carbons (Fsp3) is 0. The molecule has 20 heavy (non-hydrogen) atoms. The van der Waals surface area contributed by atoms with Gasteiger partial charge in [-0.05, 0) is 18.2 Å². The average Bonchev–Trinajstić information content (AvgIpc) is 2.88. The largest absolute Gasteiger partial charge is 0.476 e. The highest BCUT2D eigenvalue weighted by atomic mass is 32.2. The van der Waals surface area contributed by atoms with Crippen molar-refractivity contribution < 1.29 is 18.3 Å². The smallest absolute Gasteiger partial charge is 0.356 e. The van der Waals surface area contributed by atoms with Gasteiger partial charge in [-0.3, -0.25) is 4.72 Å². The Labute approximate surface area is 118 Å². The lowest BCUT2D eigenvalue weighted by molar-refractivity contribution is 0.0687. The van der Waals surface area contributed by atoms with Gasteiger partial charge in [-0.15, -0.1) is 11.3 Å². The Morgan fingerprint density at radius 1 is 1.45 bits per heavy atom. The Morgan fingerprint density at radius 2 is 2.20 bits per heavy atom. The molecule has 1 aromatic heterocycles. The van der Waals surface area contributed by atoms with Crippen LogP contribution in [0.4, 0.5) is 5.69 Å². The van der Waals surface area contributed by atoms with E-state index in [4.69, 9.17) is 10.4 Å². The van der Waals surface area contributed by atoms with E-state index in [0.717, 1.165) is 5.51 Å². The van der Waals surface area contributed by atoms with E-state index < -0.39 is 21.7 Å². The molecule has 0 aliphatic heterocycles. The molecular formula is C11H7N3O4S2. The number of aromatic nitrogens is 1. The number of aromatic carboxylic acids is 1. The van der Waals surface area contributed by atoms with Crippen LogP contribution in [0.2, 0.25) is 0 Å². The van der Waals surface area contributed by atoms with Crippen LogP contribution in [0.1, 0.15) is 16.1 Å². The molecule has 0 aliphatic carbocycles. The lowest BCUT2D eigenvalue weighted by Crippen LogP contribution is -2.15. The van der Waals surface area contributed by atoms with Crippen molar-refractivity contribution in [2.45, 2.75) is 4.21 Å². The van der Waals surface area contributed by atoms with Gasteiger partial charge in [0.1, 0.15) is 0 Å². The lowest BCUT2D eigenvalue weighted by atomic mass is 10.2. The Morgan fingerprint density at radius 3 is 2.85 bits per heavy atom. The molecular weight excluding hydrogens is 302 g/mol. The number of carboxylic acid groups (broad SMARTS) is 1. The third kappa shape index (κ3) is 2.76. The van der Waals surface area contributed by atoms with E-state index in [1.165, 1.54) is 24.3 Å². The maximum absolute atomic E-state index is 12.1. The standard InChI is InChI=1S/C11H7N3O4S2/c12-5-7-2-1-3-8(4-7)14-20(17,18)11-9(10(15)16)13-6-19-11/h1-4,6,14H,(H,15,16). The maximum atomic E-state index is 12.1. The van der Waals surface area contributed by atoms with Crippen molar-refractivity contribution in [2.75, 3.05) is 4.72 Å². The van der Waals surface area contributed by atoms with Crippen LogP contribution < -0.4 is 4.72 Å². The highest BCUT2D eigenvalue weighted by molar-refractivity contribution is 7.94. The van der Waals surface area contributed by atoms with Gasteiger partial charge in [-0.1, -0.05) is 6.07 Å². The number of thiazole rings is 1. The minimum absolute atomic E-state index is 0.175. The number of hydrogen-bond donors (Lipinski definition) is 2. The summed E-state index contributed by atoms with van der Waals surface area (Å²) >= 11 is 0.707. The summed E-state index contributed by atoms with van der Waals surface area (Å²) in [5.41, 5.74) is 1.07. The molecule has 9 heteroatoms. The van der Waals surface area contributed by atoms with E-state index >= 15 is 0 Å². The third-order valence-electron chi connectivity index (χ3n) is 2.23. The zero-order valence-electron chi connectivity index (χ0n) is 9.77. The van der Waals surface area contributed by atoms with Crippen LogP contribution in [0.3, 0.4) is 0 Å².